The Morgan fingerprint density at radius 2 is 2.05 bits per heavy atom. The molecule has 0 N–H and O–H groups in total. The van der Waals surface area contributed by atoms with Crippen LogP contribution in [-0.2, 0) is 12.8 Å². The summed E-state index contributed by atoms with van der Waals surface area (Å²) in [6.07, 6.45) is 7.41. The van der Waals surface area contributed by atoms with Crippen LogP contribution in [0.3, 0.4) is 0 Å². The summed E-state index contributed by atoms with van der Waals surface area (Å²) >= 11 is 0. The van der Waals surface area contributed by atoms with Crippen molar-refractivity contribution >= 4 is 0 Å². The third kappa shape index (κ3) is 1.81. The molecule has 0 atom stereocenters. The molecule has 1 saturated carbocycles. The summed E-state index contributed by atoms with van der Waals surface area (Å²) in [4.78, 5) is 9.12. The number of fused-ring (bicyclic) bond motifs is 3. The van der Waals surface area contributed by atoms with Gasteiger partial charge in [0.2, 0.25) is 0 Å². The van der Waals surface area contributed by atoms with Crippen molar-refractivity contribution in [2.24, 2.45) is 0 Å². The van der Waals surface area contributed by atoms with E-state index in [-0.39, 0.29) is 0 Å². The van der Waals surface area contributed by atoms with Gasteiger partial charge in [-0.1, -0.05) is 23.4 Å². The van der Waals surface area contributed by atoms with Gasteiger partial charge >= 0.3 is 0 Å². The largest absolute Gasteiger partial charge is 0.332 e. The lowest BCUT2D eigenvalue weighted by molar-refractivity contribution is 0.421. The third-order valence-electron chi connectivity index (χ3n) is 4.56. The molecule has 22 heavy (non-hydrogen) atoms. The van der Waals surface area contributed by atoms with Gasteiger partial charge in [0.1, 0.15) is 12.0 Å². The van der Waals surface area contributed by atoms with Crippen molar-refractivity contribution in [1.29, 1.82) is 0 Å². The molecule has 3 aromatic rings. The summed E-state index contributed by atoms with van der Waals surface area (Å²) in [5.41, 5.74) is 4.61. The molecule has 2 aliphatic rings. The minimum absolute atomic E-state index is 0.499. The van der Waals surface area contributed by atoms with Crippen molar-refractivity contribution in [3.63, 3.8) is 0 Å². The molecule has 0 radical (unpaired) electrons. The summed E-state index contributed by atoms with van der Waals surface area (Å²) in [5.74, 6) is 1.90. The number of hydrogen-bond donors (Lipinski definition) is 0. The minimum atomic E-state index is 0.499. The molecule has 1 aromatic carbocycles. The molecule has 0 bridgehead atoms. The van der Waals surface area contributed by atoms with Gasteiger partial charge in [-0.05, 0) is 43.7 Å². The smallest absolute Gasteiger partial charge is 0.278 e. The van der Waals surface area contributed by atoms with Crippen molar-refractivity contribution < 1.29 is 4.52 Å². The molecule has 0 unspecified atom stereocenters. The summed E-state index contributed by atoms with van der Waals surface area (Å²) in [6.45, 7) is 0. The number of nitrogens with zero attached hydrogens (tertiary/aromatic N) is 4. The molecule has 3 heterocycles. The first-order valence-corrected chi connectivity index (χ1v) is 7.88. The number of aryl methyl sites for hydroxylation is 1. The third-order valence-corrected chi connectivity index (χ3v) is 4.56. The first kappa shape index (κ1) is 12.1. The quantitative estimate of drug-likeness (QED) is 0.727. The Bertz CT molecular complexity index is 844. The van der Waals surface area contributed by atoms with Crippen LogP contribution in [0.2, 0.25) is 0 Å². The first-order chi connectivity index (χ1) is 10.9. The Labute approximate surface area is 128 Å². The maximum atomic E-state index is 5.47. The summed E-state index contributed by atoms with van der Waals surface area (Å²) in [7, 11) is 0. The standard InChI is InChI=1S/C17H16N4O/c1-2-6-13-11(4-1)5-3-7-14-15(18-10-21(13)14)17-19-16(20-22-17)12-8-9-12/h1-2,4,6,10,12H,3,5,7-9H2. The predicted molar refractivity (Wildman–Crippen MR) is 80.9 cm³/mol. The van der Waals surface area contributed by atoms with Crippen LogP contribution in [0.5, 0.6) is 0 Å². The molecule has 0 saturated heterocycles. The van der Waals surface area contributed by atoms with Gasteiger partial charge in [0.15, 0.2) is 5.82 Å². The summed E-state index contributed by atoms with van der Waals surface area (Å²) < 4.78 is 7.65. The van der Waals surface area contributed by atoms with E-state index in [1.807, 2.05) is 6.33 Å². The van der Waals surface area contributed by atoms with Crippen LogP contribution in [0.15, 0.2) is 35.1 Å². The van der Waals surface area contributed by atoms with Crippen LogP contribution in [0.4, 0.5) is 0 Å². The van der Waals surface area contributed by atoms with Crippen molar-refractivity contribution in [3.8, 4) is 17.3 Å². The number of aromatic nitrogens is 4. The van der Waals surface area contributed by atoms with E-state index in [4.69, 9.17) is 4.52 Å². The average Bonchev–Trinajstić information content (AvgIpc) is 3.19. The molecule has 1 aliphatic carbocycles. The van der Waals surface area contributed by atoms with Crippen molar-refractivity contribution in [3.05, 3.63) is 47.7 Å². The highest BCUT2D eigenvalue weighted by atomic mass is 16.5. The van der Waals surface area contributed by atoms with E-state index in [0.29, 0.717) is 11.8 Å². The lowest BCUT2D eigenvalue weighted by Crippen LogP contribution is -1.99. The van der Waals surface area contributed by atoms with Gasteiger partial charge in [0.05, 0.1) is 5.69 Å². The molecule has 2 aromatic heterocycles. The Morgan fingerprint density at radius 3 is 2.95 bits per heavy atom. The summed E-state index contributed by atoms with van der Waals surface area (Å²) in [5, 5.41) is 4.12. The highest BCUT2D eigenvalue weighted by Gasteiger charge is 2.30. The predicted octanol–water partition coefficient (Wildman–Crippen LogP) is 3.29. The maximum Gasteiger partial charge on any atom is 0.278 e. The van der Waals surface area contributed by atoms with Crippen LogP contribution in [0.1, 0.15) is 42.3 Å². The Balaban J connectivity index is 1.63. The highest BCUT2D eigenvalue weighted by Crippen LogP contribution is 2.39. The van der Waals surface area contributed by atoms with Crippen LogP contribution in [0, 0.1) is 0 Å². The SMILES string of the molecule is c1ccc2c(c1)CCCc1c(-c3nc(C4CC4)no3)ncn1-2. The minimum Gasteiger partial charge on any atom is -0.332 e. The molecule has 1 fully saturated rings. The van der Waals surface area contributed by atoms with Gasteiger partial charge in [-0.15, -0.1) is 0 Å². The second kappa shape index (κ2) is 4.53. The lowest BCUT2D eigenvalue weighted by atomic mass is 10.1. The van der Waals surface area contributed by atoms with Gasteiger partial charge in [0, 0.05) is 11.6 Å². The molecule has 5 nitrogen and oxygen atoms in total. The molecule has 1 aliphatic heterocycles. The van der Waals surface area contributed by atoms with Crippen LogP contribution in [0.25, 0.3) is 17.3 Å². The molecule has 5 heteroatoms. The zero-order valence-electron chi connectivity index (χ0n) is 12.2. The zero-order valence-corrected chi connectivity index (χ0v) is 12.2. The topological polar surface area (TPSA) is 56.7 Å². The Kier molecular flexibility index (Phi) is 2.50. The molecular weight excluding hydrogens is 276 g/mol. The van der Waals surface area contributed by atoms with Crippen LogP contribution >= 0.6 is 0 Å². The van der Waals surface area contributed by atoms with Gasteiger partial charge in [-0.25, -0.2) is 4.98 Å². The van der Waals surface area contributed by atoms with Crippen molar-refractivity contribution in [1.82, 2.24) is 19.7 Å². The van der Waals surface area contributed by atoms with Crippen LogP contribution < -0.4 is 0 Å². The molecule has 0 spiro atoms. The number of imidazole rings is 1. The molecule has 5 rings (SSSR count). The number of hydrogen-bond acceptors (Lipinski definition) is 4. The van der Waals surface area contributed by atoms with E-state index in [2.05, 4.69) is 44.0 Å². The number of rotatable bonds is 2. The molecule has 110 valence electrons. The first-order valence-electron chi connectivity index (χ1n) is 7.88. The summed E-state index contributed by atoms with van der Waals surface area (Å²) in [6, 6.07) is 8.52. The van der Waals surface area contributed by atoms with Gasteiger partial charge in [0.25, 0.3) is 5.89 Å². The normalized spacial score (nSPS) is 16.9. The van der Waals surface area contributed by atoms with Gasteiger partial charge in [-0.3, -0.25) is 0 Å². The van der Waals surface area contributed by atoms with E-state index in [1.165, 1.54) is 29.8 Å². The van der Waals surface area contributed by atoms with Crippen molar-refractivity contribution in [2.75, 3.05) is 0 Å². The monoisotopic (exact) mass is 292 g/mol. The van der Waals surface area contributed by atoms with E-state index < -0.39 is 0 Å². The Hall–Kier alpha value is -2.43. The number of para-hydroxylation sites is 1. The van der Waals surface area contributed by atoms with E-state index in [0.717, 1.165) is 30.8 Å². The van der Waals surface area contributed by atoms with E-state index in [1.54, 1.807) is 0 Å². The van der Waals surface area contributed by atoms with E-state index in [9.17, 15) is 0 Å². The molecule has 0 amide bonds. The lowest BCUT2D eigenvalue weighted by Gasteiger charge is -2.08. The Morgan fingerprint density at radius 1 is 1.14 bits per heavy atom. The van der Waals surface area contributed by atoms with Crippen molar-refractivity contribution in [2.45, 2.75) is 38.0 Å². The fraction of sp³-hybridized carbons (Fsp3) is 0.353. The fourth-order valence-corrected chi connectivity index (χ4v) is 3.24. The van der Waals surface area contributed by atoms with Gasteiger partial charge < -0.3 is 9.09 Å². The molecular formula is C17H16N4O. The second-order valence-electron chi connectivity index (χ2n) is 6.12. The highest BCUT2D eigenvalue weighted by molar-refractivity contribution is 5.55. The average molecular weight is 292 g/mol. The zero-order chi connectivity index (χ0) is 14.5. The fourth-order valence-electron chi connectivity index (χ4n) is 3.24. The van der Waals surface area contributed by atoms with Gasteiger partial charge in [-0.2, -0.15) is 4.98 Å². The second-order valence-corrected chi connectivity index (χ2v) is 6.12. The van der Waals surface area contributed by atoms with E-state index >= 15 is 0 Å². The maximum absolute atomic E-state index is 5.47. The van der Waals surface area contributed by atoms with Crippen LogP contribution in [-0.4, -0.2) is 19.7 Å². The number of benzene rings is 1.